The summed E-state index contributed by atoms with van der Waals surface area (Å²) in [6.45, 7) is -0.151. The lowest BCUT2D eigenvalue weighted by atomic mass is 10.1. The van der Waals surface area contributed by atoms with Gasteiger partial charge < -0.3 is 30.1 Å². The van der Waals surface area contributed by atoms with Crippen molar-refractivity contribution < 1.29 is 49.3 Å². The number of aromatic carboxylic acids is 2. The molecule has 0 saturated carbocycles. The summed E-state index contributed by atoms with van der Waals surface area (Å²) < 4.78 is 5.28. The second kappa shape index (κ2) is 11.1. The second-order valence-electron chi connectivity index (χ2n) is 7.97. The molecular weight excluding hydrogens is 496 g/mol. The number of phenolic OH excluding ortho intramolecular Hbond substituents is 2. The Bertz CT molecular complexity index is 1490. The molecule has 4 rings (SSSR count). The van der Waals surface area contributed by atoms with Gasteiger partial charge in [0.2, 0.25) is 0 Å². The van der Waals surface area contributed by atoms with Crippen LogP contribution < -0.4 is 9.62 Å². The molecule has 0 aliphatic carbocycles. The van der Waals surface area contributed by atoms with Crippen LogP contribution in [0.15, 0.2) is 84.9 Å². The van der Waals surface area contributed by atoms with Crippen LogP contribution in [0.25, 0.3) is 11.1 Å². The van der Waals surface area contributed by atoms with Crippen molar-refractivity contribution >= 4 is 17.9 Å². The second-order valence-corrected chi connectivity index (χ2v) is 7.97. The molecule has 0 radical (unpaired) electrons. The molecule has 192 valence electrons. The quantitative estimate of drug-likeness (QED) is 0.104. The summed E-state index contributed by atoms with van der Waals surface area (Å²) in [4.78, 5) is 45.5. The zero-order valence-electron chi connectivity index (χ0n) is 19.5. The molecule has 4 N–H and O–H groups in total. The van der Waals surface area contributed by atoms with E-state index in [1.807, 2.05) is 0 Å². The topological polar surface area (TPSA) is 160 Å². The number of benzene rings is 4. The number of esters is 1. The minimum absolute atomic E-state index is 0.0940. The number of rotatable bonds is 9. The minimum atomic E-state index is -1.37. The van der Waals surface area contributed by atoms with Crippen LogP contribution in [0.2, 0.25) is 0 Å². The van der Waals surface area contributed by atoms with Gasteiger partial charge in [-0.25, -0.2) is 14.4 Å². The van der Waals surface area contributed by atoms with E-state index >= 15 is 0 Å². The van der Waals surface area contributed by atoms with Gasteiger partial charge in [0.15, 0.2) is 5.75 Å². The number of hydrogen-bond donors (Lipinski definition) is 4. The van der Waals surface area contributed by atoms with E-state index in [1.54, 1.807) is 48.5 Å². The molecule has 0 aliphatic rings. The zero-order valence-corrected chi connectivity index (χ0v) is 19.5. The van der Waals surface area contributed by atoms with E-state index in [0.717, 1.165) is 23.3 Å². The van der Waals surface area contributed by atoms with Crippen molar-refractivity contribution in [2.24, 2.45) is 0 Å². The highest BCUT2D eigenvalue weighted by Gasteiger charge is 2.19. The highest BCUT2D eigenvalue weighted by Crippen LogP contribution is 2.26. The van der Waals surface area contributed by atoms with E-state index in [0.29, 0.717) is 11.3 Å². The fourth-order valence-corrected chi connectivity index (χ4v) is 3.52. The van der Waals surface area contributed by atoms with Gasteiger partial charge in [-0.2, -0.15) is 4.89 Å². The Morgan fingerprint density at radius 3 is 1.71 bits per heavy atom. The van der Waals surface area contributed by atoms with Crippen LogP contribution >= 0.6 is 0 Å². The van der Waals surface area contributed by atoms with E-state index in [-0.39, 0.29) is 40.5 Å². The first-order valence-electron chi connectivity index (χ1n) is 11.0. The first-order chi connectivity index (χ1) is 18.2. The molecule has 0 spiro atoms. The van der Waals surface area contributed by atoms with E-state index in [1.165, 1.54) is 24.3 Å². The molecule has 10 heteroatoms. The lowest BCUT2D eigenvalue weighted by Crippen LogP contribution is -2.14. The van der Waals surface area contributed by atoms with Crippen LogP contribution in [-0.4, -0.2) is 38.3 Å². The third kappa shape index (κ3) is 6.07. The first-order valence-corrected chi connectivity index (χ1v) is 11.0. The predicted molar refractivity (Wildman–Crippen MR) is 132 cm³/mol. The van der Waals surface area contributed by atoms with Crippen LogP contribution in [0.1, 0.15) is 36.6 Å². The average Bonchev–Trinajstić information content (AvgIpc) is 2.90. The number of carboxylic acids is 2. The Balaban J connectivity index is 1.36. The van der Waals surface area contributed by atoms with Crippen LogP contribution in [0.5, 0.6) is 23.0 Å². The molecule has 10 nitrogen and oxygen atoms in total. The molecule has 0 amide bonds. The van der Waals surface area contributed by atoms with Crippen LogP contribution in [0.3, 0.4) is 0 Å². The largest absolute Gasteiger partial charge is 0.508 e. The van der Waals surface area contributed by atoms with Crippen molar-refractivity contribution in [1.82, 2.24) is 0 Å². The summed E-state index contributed by atoms with van der Waals surface area (Å²) >= 11 is 0. The third-order valence-corrected chi connectivity index (χ3v) is 5.40. The molecule has 38 heavy (non-hydrogen) atoms. The number of carbonyl (C=O) groups is 3. The van der Waals surface area contributed by atoms with E-state index in [9.17, 15) is 34.8 Å². The van der Waals surface area contributed by atoms with E-state index in [2.05, 4.69) is 0 Å². The first kappa shape index (κ1) is 25.7. The molecule has 0 heterocycles. The van der Waals surface area contributed by atoms with Crippen molar-refractivity contribution in [1.29, 1.82) is 0 Å². The number of carboxylic acid groups (broad SMARTS) is 2. The maximum atomic E-state index is 12.5. The number of phenols is 2. The fourth-order valence-electron chi connectivity index (χ4n) is 3.52. The Labute approximate surface area is 215 Å². The summed E-state index contributed by atoms with van der Waals surface area (Å²) in [5.41, 5.74) is 1.28. The number of carbonyl (C=O) groups excluding carboxylic acids is 1. The lowest BCUT2D eigenvalue weighted by Gasteiger charge is -2.10. The summed E-state index contributed by atoms with van der Waals surface area (Å²) in [6, 6.07) is 20.6. The molecule has 4 aromatic rings. The summed E-state index contributed by atoms with van der Waals surface area (Å²) in [5, 5.41) is 37.4. The monoisotopic (exact) mass is 516 g/mol. The molecule has 0 saturated heterocycles. The van der Waals surface area contributed by atoms with Crippen molar-refractivity contribution in [3.8, 4) is 34.1 Å². The van der Waals surface area contributed by atoms with Gasteiger partial charge >= 0.3 is 17.9 Å². The van der Waals surface area contributed by atoms with Crippen molar-refractivity contribution in [2.45, 2.75) is 6.61 Å². The minimum Gasteiger partial charge on any atom is -0.508 e. The summed E-state index contributed by atoms with van der Waals surface area (Å²) in [7, 11) is 0. The number of ether oxygens (including phenoxy) is 1. The summed E-state index contributed by atoms with van der Waals surface area (Å²) in [6.07, 6.45) is 0. The van der Waals surface area contributed by atoms with Crippen molar-refractivity contribution in [3.63, 3.8) is 0 Å². The Hall–Kier alpha value is -5.35. The van der Waals surface area contributed by atoms with Gasteiger partial charge in [0.05, 0.1) is 16.7 Å². The van der Waals surface area contributed by atoms with Crippen LogP contribution in [-0.2, 0) is 11.5 Å². The van der Waals surface area contributed by atoms with Gasteiger partial charge in [-0.05, 0) is 71.3 Å². The van der Waals surface area contributed by atoms with Gasteiger partial charge in [-0.15, -0.1) is 0 Å². The molecule has 0 unspecified atom stereocenters. The SMILES string of the molecule is O=C(O)c1cc(O)ccc1COOc1ccc(-c2ccc(OC(=O)c3ccc(O)cc3C(=O)O)cc2)cc1. The third-order valence-electron chi connectivity index (χ3n) is 5.40. The lowest BCUT2D eigenvalue weighted by molar-refractivity contribution is -0.217. The van der Waals surface area contributed by atoms with Gasteiger partial charge in [-0.1, -0.05) is 30.3 Å². The van der Waals surface area contributed by atoms with E-state index in [4.69, 9.17) is 14.5 Å². The Kier molecular flexibility index (Phi) is 7.55. The van der Waals surface area contributed by atoms with E-state index < -0.39 is 17.9 Å². The highest BCUT2D eigenvalue weighted by atomic mass is 17.2. The van der Waals surface area contributed by atoms with Gasteiger partial charge in [0.1, 0.15) is 23.9 Å². The highest BCUT2D eigenvalue weighted by molar-refractivity contribution is 6.03. The zero-order chi connectivity index (χ0) is 27.2. The summed E-state index contributed by atoms with van der Waals surface area (Å²) in [5.74, 6) is -3.32. The molecular formula is C28H20O10. The van der Waals surface area contributed by atoms with Crippen LogP contribution in [0, 0.1) is 0 Å². The number of aromatic hydroxyl groups is 2. The molecule has 0 aromatic heterocycles. The molecule has 0 bridgehead atoms. The Morgan fingerprint density at radius 1 is 0.605 bits per heavy atom. The number of hydrogen-bond acceptors (Lipinski definition) is 8. The molecule has 0 fully saturated rings. The van der Waals surface area contributed by atoms with Crippen molar-refractivity contribution in [3.05, 3.63) is 107 Å². The maximum Gasteiger partial charge on any atom is 0.344 e. The molecule has 4 aromatic carbocycles. The fraction of sp³-hybridized carbons (Fsp3) is 0.0357. The Morgan fingerprint density at radius 2 is 1.13 bits per heavy atom. The van der Waals surface area contributed by atoms with Gasteiger partial charge in [-0.3, -0.25) is 0 Å². The normalized spacial score (nSPS) is 10.5. The smallest absolute Gasteiger partial charge is 0.344 e. The van der Waals surface area contributed by atoms with Gasteiger partial charge in [0, 0.05) is 0 Å². The maximum absolute atomic E-state index is 12.5. The van der Waals surface area contributed by atoms with Crippen molar-refractivity contribution in [2.75, 3.05) is 0 Å². The average molecular weight is 516 g/mol. The predicted octanol–water partition coefficient (Wildman–Crippen LogP) is 4.89. The molecule has 0 atom stereocenters. The standard InChI is InChI=1S/C28H20O10/c29-19-6-1-18(24(13-19)26(31)32)15-36-38-22-10-4-17(5-11-22)16-2-8-21(9-3-16)37-28(35)23-12-7-20(30)14-25(23)27(33)34/h1-14,29-30H,15H2,(H,31,32)(H,33,34). The van der Waals surface area contributed by atoms with Crippen LogP contribution in [0.4, 0.5) is 0 Å². The molecule has 0 aliphatic heterocycles. The van der Waals surface area contributed by atoms with Gasteiger partial charge in [0.25, 0.3) is 0 Å².